The molecule has 0 fully saturated rings. The van der Waals surface area contributed by atoms with Crippen LogP contribution in [0.2, 0.25) is 0 Å². The summed E-state index contributed by atoms with van der Waals surface area (Å²) in [4.78, 5) is 4.27. The van der Waals surface area contributed by atoms with Crippen molar-refractivity contribution in [2.75, 3.05) is 34.4 Å². The summed E-state index contributed by atoms with van der Waals surface area (Å²) >= 11 is 0. The van der Waals surface area contributed by atoms with Gasteiger partial charge in [0.1, 0.15) is 0 Å². The number of nitrogens with one attached hydrogen (secondary N) is 2. The van der Waals surface area contributed by atoms with Gasteiger partial charge in [0.05, 0.1) is 27.5 Å². The number of hydrogen-bond donors (Lipinski definition) is 2. The van der Waals surface area contributed by atoms with Gasteiger partial charge in [0, 0.05) is 18.7 Å². The van der Waals surface area contributed by atoms with Gasteiger partial charge in [-0.15, -0.1) is 12.4 Å². The standard InChI is InChI=1S/C14H20N4O3.ClH/c1-19-11-6-5-10(12(20-2)13(11)21-3)9-17-18-14-15-7-4-8-16-14;/h5-6,9H,4,7-8H2,1-3H3,(H2,15,16,18);1H/b17-9-;. The Labute approximate surface area is 136 Å². The van der Waals surface area contributed by atoms with Crippen LogP contribution in [0.5, 0.6) is 17.2 Å². The van der Waals surface area contributed by atoms with E-state index in [-0.39, 0.29) is 12.4 Å². The molecule has 1 aromatic carbocycles. The molecule has 0 saturated carbocycles. The number of aliphatic imine (C=N–C) groups is 1. The second-order valence-corrected chi connectivity index (χ2v) is 4.30. The number of hydrogen-bond acceptors (Lipinski definition) is 7. The van der Waals surface area contributed by atoms with E-state index >= 15 is 0 Å². The molecule has 0 aromatic heterocycles. The van der Waals surface area contributed by atoms with E-state index in [9.17, 15) is 0 Å². The molecular formula is C14H21ClN4O3. The zero-order chi connectivity index (χ0) is 15.1. The Morgan fingerprint density at radius 2 is 1.95 bits per heavy atom. The van der Waals surface area contributed by atoms with Crippen molar-refractivity contribution in [1.82, 2.24) is 10.7 Å². The minimum Gasteiger partial charge on any atom is -0.493 e. The Bertz CT molecular complexity index is 549. The molecule has 1 aliphatic heterocycles. The maximum atomic E-state index is 5.38. The molecule has 0 spiro atoms. The molecule has 0 unspecified atom stereocenters. The van der Waals surface area contributed by atoms with E-state index in [4.69, 9.17) is 14.2 Å². The predicted octanol–water partition coefficient (Wildman–Crippen LogP) is 1.41. The van der Waals surface area contributed by atoms with Gasteiger partial charge in [0.15, 0.2) is 11.5 Å². The number of guanidine groups is 1. The number of nitrogens with zero attached hydrogens (tertiary/aromatic N) is 2. The average molecular weight is 329 g/mol. The molecular weight excluding hydrogens is 308 g/mol. The molecule has 2 N–H and O–H groups in total. The van der Waals surface area contributed by atoms with Crippen molar-refractivity contribution in [3.63, 3.8) is 0 Å². The summed E-state index contributed by atoms with van der Waals surface area (Å²) < 4.78 is 15.9. The summed E-state index contributed by atoms with van der Waals surface area (Å²) in [6.45, 7) is 1.71. The highest BCUT2D eigenvalue weighted by Crippen LogP contribution is 2.38. The number of ether oxygens (including phenoxy) is 3. The largest absolute Gasteiger partial charge is 0.493 e. The quantitative estimate of drug-likeness (QED) is 0.631. The zero-order valence-electron chi connectivity index (χ0n) is 12.9. The van der Waals surface area contributed by atoms with E-state index in [2.05, 4.69) is 20.8 Å². The van der Waals surface area contributed by atoms with Gasteiger partial charge >= 0.3 is 0 Å². The van der Waals surface area contributed by atoms with Crippen molar-refractivity contribution in [3.8, 4) is 17.2 Å². The molecule has 8 heteroatoms. The Hall–Kier alpha value is -2.15. The molecule has 122 valence electrons. The van der Waals surface area contributed by atoms with Crippen molar-refractivity contribution in [1.29, 1.82) is 0 Å². The first-order valence-electron chi connectivity index (χ1n) is 6.66. The number of hydrazone groups is 1. The zero-order valence-corrected chi connectivity index (χ0v) is 13.7. The lowest BCUT2D eigenvalue weighted by Gasteiger charge is -2.14. The topological polar surface area (TPSA) is 76.5 Å². The summed E-state index contributed by atoms with van der Waals surface area (Å²) in [5.41, 5.74) is 3.65. The second-order valence-electron chi connectivity index (χ2n) is 4.30. The highest BCUT2D eigenvalue weighted by atomic mass is 35.5. The van der Waals surface area contributed by atoms with Gasteiger partial charge in [-0.2, -0.15) is 5.10 Å². The average Bonchev–Trinajstić information content (AvgIpc) is 2.55. The first-order chi connectivity index (χ1) is 10.3. The van der Waals surface area contributed by atoms with Gasteiger partial charge in [-0.1, -0.05) is 0 Å². The Kier molecular flexibility index (Phi) is 7.31. The van der Waals surface area contributed by atoms with Crippen LogP contribution >= 0.6 is 12.4 Å². The summed E-state index contributed by atoms with van der Waals surface area (Å²) in [5, 5.41) is 7.28. The van der Waals surface area contributed by atoms with Crippen molar-refractivity contribution < 1.29 is 14.2 Å². The molecule has 0 amide bonds. The maximum Gasteiger partial charge on any atom is 0.212 e. The Morgan fingerprint density at radius 3 is 2.55 bits per heavy atom. The molecule has 0 saturated heterocycles. The molecule has 7 nitrogen and oxygen atoms in total. The molecule has 0 atom stereocenters. The molecule has 0 radical (unpaired) electrons. The summed E-state index contributed by atoms with van der Waals surface area (Å²) in [6, 6.07) is 3.65. The molecule has 1 aromatic rings. The summed E-state index contributed by atoms with van der Waals surface area (Å²) in [5.74, 6) is 2.40. The van der Waals surface area contributed by atoms with Crippen LogP contribution in [0.25, 0.3) is 0 Å². The number of halogens is 1. The SMILES string of the molecule is COc1ccc(/C=N\NC2=NCCCN2)c(OC)c1OC.Cl. The fourth-order valence-electron chi connectivity index (χ4n) is 2.00. The summed E-state index contributed by atoms with van der Waals surface area (Å²) in [6.07, 6.45) is 2.69. The van der Waals surface area contributed by atoms with Gasteiger partial charge in [0.2, 0.25) is 11.7 Å². The number of methoxy groups -OCH3 is 3. The van der Waals surface area contributed by atoms with Crippen molar-refractivity contribution in [3.05, 3.63) is 17.7 Å². The minimum atomic E-state index is 0. The van der Waals surface area contributed by atoms with Crippen LogP contribution in [0.15, 0.2) is 22.2 Å². The number of benzene rings is 1. The third-order valence-electron chi connectivity index (χ3n) is 3.01. The highest BCUT2D eigenvalue weighted by molar-refractivity contribution is 5.88. The predicted molar refractivity (Wildman–Crippen MR) is 89.0 cm³/mol. The van der Waals surface area contributed by atoms with E-state index in [1.807, 2.05) is 6.07 Å². The monoisotopic (exact) mass is 328 g/mol. The van der Waals surface area contributed by atoms with E-state index in [1.54, 1.807) is 33.6 Å². The van der Waals surface area contributed by atoms with Crippen LogP contribution in [-0.2, 0) is 0 Å². The minimum absolute atomic E-state index is 0. The fraction of sp³-hybridized carbons (Fsp3) is 0.429. The van der Waals surface area contributed by atoms with Gasteiger partial charge in [-0.05, 0) is 18.6 Å². The molecule has 2 rings (SSSR count). The van der Waals surface area contributed by atoms with Crippen LogP contribution in [0.3, 0.4) is 0 Å². The van der Waals surface area contributed by atoms with Crippen molar-refractivity contribution in [2.45, 2.75) is 6.42 Å². The first kappa shape index (κ1) is 17.9. The van der Waals surface area contributed by atoms with Crippen LogP contribution in [0, 0.1) is 0 Å². The summed E-state index contributed by atoms with van der Waals surface area (Å²) in [7, 11) is 4.73. The van der Waals surface area contributed by atoms with Gasteiger partial charge in [-0.25, -0.2) is 5.43 Å². The second kappa shape index (κ2) is 8.99. The van der Waals surface area contributed by atoms with Crippen molar-refractivity contribution in [2.24, 2.45) is 10.1 Å². The normalized spacial score (nSPS) is 13.7. The highest BCUT2D eigenvalue weighted by Gasteiger charge is 2.14. The van der Waals surface area contributed by atoms with Crippen LogP contribution in [0.1, 0.15) is 12.0 Å². The van der Waals surface area contributed by atoms with Gasteiger partial charge in [-0.3, -0.25) is 4.99 Å². The Balaban J connectivity index is 0.00000242. The maximum absolute atomic E-state index is 5.38. The van der Waals surface area contributed by atoms with Crippen molar-refractivity contribution >= 4 is 24.6 Å². The van der Waals surface area contributed by atoms with E-state index in [1.165, 1.54) is 0 Å². The van der Waals surface area contributed by atoms with Crippen LogP contribution in [0.4, 0.5) is 0 Å². The molecule has 1 aliphatic rings. The van der Waals surface area contributed by atoms with Crippen LogP contribution < -0.4 is 25.0 Å². The molecule has 22 heavy (non-hydrogen) atoms. The first-order valence-corrected chi connectivity index (χ1v) is 6.66. The lowest BCUT2D eigenvalue weighted by atomic mass is 10.2. The van der Waals surface area contributed by atoms with E-state index in [0.29, 0.717) is 23.2 Å². The Morgan fingerprint density at radius 1 is 1.18 bits per heavy atom. The third kappa shape index (κ3) is 4.17. The lowest BCUT2D eigenvalue weighted by molar-refractivity contribution is 0.324. The fourth-order valence-corrected chi connectivity index (χ4v) is 2.00. The van der Waals surface area contributed by atoms with Crippen LogP contribution in [-0.4, -0.2) is 46.6 Å². The molecule has 0 bridgehead atoms. The third-order valence-corrected chi connectivity index (χ3v) is 3.01. The van der Waals surface area contributed by atoms with E-state index < -0.39 is 0 Å². The van der Waals surface area contributed by atoms with Gasteiger partial charge in [0.25, 0.3) is 0 Å². The van der Waals surface area contributed by atoms with Gasteiger partial charge < -0.3 is 19.5 Å². The lowest BCUT2D eigenvalue weighted by Crippen LogP contribution is -2.38. The number of rotatable bonds is 5. The van der Waals surface area contributed by atoms with E-state index in [0.717, 1.165) is 25.1 Å². The smallest absolute Gasteiger partial charge is 0.212 e. The molecule has 1 heterocycles. The molecule has 0 aliphatic carbocycles.